The second kappa shape index (κ2) is 9.63. The van der Waals surface area contributed by atoms with E-state index in [1.165, 1.54) is 11.9 Å². The Labute approximate surface area is 158 Å². The molecule has 0 fully saturated rings. The van der Waals surface area contributed by atoms with Crippen LogP contribution in [0, 0.1) is 0 Å². The number of nitrogens with one attached hydrogen (secondary N) is 2. The summed E-state index contributed by atoms with van der Waals surface area (Å²) in [4.78, 5) is 20.2. The SMILES string of the molecule is CCOCC(=O)NCCn1ncc2c(NCCc3ccccc3)ncnc21. The molecule has 0 unspecified atom stereocenters. The molecule has 0 atom stereocenters. The standard InChI is InChI=1S/C19H24N6O2/c1-2-27-13-17(26)20-10-11-25-19-16(12-24-25)18(22-14-23-19)21-9-8-15-6-4-3-5-7-15/h3-7,12,14H,2,8-11,13H2,1H3,(H,20,26)(H,21,22,23). The molecule has 8 heteroatoms. The number of hydrogen-bond acceptors (Lipinski definition) is 6. The van der Waals surface area contributed by atoms with Crippen molar-refractivity contribution < 1.29 is 9.53 Å². The smallest absolute Gasteiger partial charge is 0.246 e. The molecule has 0 aliphatic rings. The van der Waals surface area contributed by atoms with Crippen LogP contribution in [-0.4, -0.2) is 52.0 Å². The van der Waals surface area contributed by atoms with Gasteiger partial charge in [0.2, 0.25) is 5.91 Å². The lowest BCUT2D eigenvalue weighted by Crippen LogP contribution is -2.30. The minimum Gasteiger partial charge on any atom is -0.372 e. The third-order valence-electron chi connectivity index (χ3n) is 4.07. The van der Waals surface area contributed by atoms with Gasteiger partial charge in [-0.1, -0.05) is 30.3 Å². The van der Waals surface area contributed by atoms with Crippen LogP contribution in [0.15, 0.2) is 42.9 Å². The third kappa shape index (κ3) is 5.24. The minimum absolute atomic E-state index is 0.0774. The molecule has 8 nitrogen and oxygen atoms in total. The highest BCUT2D eigenvalue weighted by Crippen LogP contribution is 2.18. The third-order valence-corrected chi connectivity index (χ3v) is 4.07. The zero-order valence-corrected chi connectivity index (χ0v) is 15.4. The molecule has 0 saturated heterocycles. The van der Waals surface area contributed by atoms with E-state index in [2.05, 4.69) is 37.8 Å². The molecule has 2 N–H and O–H groups in total. The quantitative estimate of drug-likeness (QED) is 0.565. The zero-order valence-electron chi connectivity index (χ0n) is 15.4. The van der Waals surface area contributed by atoms with Crippen LogP contribution in [0.1, 0.15) is 12.5 Å². The number of anilines is 1. The maximum atomic E-state index is 11.6. The lowest BCUT2D eigenvalue weighted by Gasteiger charge is -2.08. The van der Waals surface area contributed by atoms with Gasteiger partial charge in [-0.05, 0) is 18.9 Å². The van der Waals surface area contributed by atoms with E-state index in [0.29, 0.717) is 19.7 Å². The Morgan fingerprint density at radius 1 is 1.19 bits per heavy atom. The van der Waals surface area contributed by atoms with Crippen molar-refractivity contribution in [2.75, 3.05) is 31.6 Å². The largest absolute Gasteiger partial charge is 0.372 e. The van der Waals surface area contributed by atoms with Gasteiger partial charge in [-0.2, -0.15) is 5.10 Å². The van der Waals surface area contributed by atoms with Crippen LogP contribution in [0.5, 0.6) is 0 Å². The van der Waals surface area contributed by atoms with E-state index in [4.69, 9.17) is 4.74 Å². The fourth-order valence-electron chi connectivity index (χ4n) is 2.71. The Morgan fingerprint density at radius 3 is 2.85 bits per heavy atom. The summed E-state index contributed by atoms with van der Waals surface area (Å²) in [6.07, 6.45) is 4.19. The first kappa shape index (κ1) is 18.8. The number of rotatable bonds is 10. The van der Waals surface area contributed by atoms with Gasteiger partial charge in [0.15, 0.2) is 5.65 Å². The molecule has 1 amide bonds. The van der Waals surface area contributed by atoms with Gasteiger partial charge in [-0.15, -0.1) is 0 Å². The number of nitrogens with zero attached hydrogens (tertiary/aromatic N) is 4. The van der Waals surface area contributed by atoms with Crippen molar-refractivity contribution in [3.8, 4) is 0 Å². The molecule has 0 radical (unpaired) electrons. The number of carbonyl (C=O) groups is 1. The summed E-state index contributed by atoms with van der Waals surface area (Å²) < 4.78 is 6.84. The Balaban J connectivity index is 1.56. The van der Waals surface area contributed by atoms with Gasteiger partial charge in [-0.25, -0.2) is 14.6 Å². The van der Waals surface area contributed by atoms with Gasteiger partial charge in [0.25, 0.3) is 0 Å². The van der Waals surface area contributed by atoms with Gasteiger partial charge in [-0.3, -0.25) is 4.79 Å². The Kier molecular flexibility index (Phi) is 6.70. The lowest BCUT2D eigenvalue weighted by molar-refractivity contribution is -0.125. The first-order valence-electron chi connectivity index (χ1n) is 9.06. The predicted molar refractivity (Wildman–Crippen MR) is 103 cm³/mol. The molecule has 3 aromatic rings. The van der Waals surface area contributed by atoms with Crippen LogP contribution in [-0.2, 0) is 22.5 Å². The van der Waals surface area contributed by atoms with Crippen molar-refractivity contribution in [2.45, 2.75) is 19.9 Å². The van der Waals surface area contributed by atoms with Gasteiger partial charge in [0, 0.05) is 19.7 Å². The molecular weight excluding hydrogens is 344 g/mol. The van der Waals surface area contributed by atoms with E-state index >= 15 is 0 Å². The maximum Gasteiger partial charge on any atom is 0.246 e. The van der Waals surface area contributed by atoms with Crippen molar-refractivity contribution >= 4 is 22.8 Å². The number of carbonyl (C=O) groups excluding carboxylic acids is 1. The summed E-state index contributed by atoms with van der Waals surface area (Å²) in [5, 5.41) is 11.4. The van der Waals surface area contributed by atoms with Crippen molar-refractivity contribution in [3.63, 3.8) is 0 Å². The molecule has 0 bridgehead atoms. The highest BCUT2D eigenvalue weighted by Gasteiger charge is 2.10. The second-order valence-corrected chi connectivity index (χ2v) is 5.98. The number of aromatic nitrogens is 4. The van der Waals surface area contributed by atoms with E-state index < -0.39 is 0 Å². The Hall–Kier alpha value is -3.00. The monoisotopic (exact) mass is 368 g/mol. The van der Waals surface area contributed by atoms with Crippen LogP contribution >= 0.6 is 0 Å². The highest BCUT2D eigenvalue weighted by molar-refractivity contribution is 5.86. The predicted octanol–water partition coefficient (Wildman–Crippen LogP) is 1.63. The average Bonchev–Trinajstić information content (AvgIpc) is 3.11. The first-order valence-corrected chi connectivity index (χ1v) is 9.06. The first-order chi connectivity index (χ1) is 13.3. The van der Waals surface area contributed by atoms with Gasteiger partial charge in [0.1, 0.15) is 18.8 Å². The molecule has 0 saturated carbocycles. The number of hydrogen-bond donors (Lipinski definition) is 2. The molecule has 3 rings (SSSR count). The van der Waals surface area contributed by atoms with Crippen molar-refractivity contribution in [3.05, 3.63) is 48.4 Å². The van der Waals surface area contributed by atoms with Crippen LogP contribution in [0.2, 0.25) is 0 Å². The minimum atomic E-state index is -0.133. The van der Waals surface area contributed by atoms with E-state index in [1.807, 2.05) is 25.1 Å². The highest BCUT2D eigenvalue weighted by atomic mass is 16.5. The van der Waals surface area contributed by atoms with E-state index in [-0.39, 0.29) is 12.5 Å². The maximum absolute atomic E-state index is 11.6. The van der Waals surface area contributed by atoms with Crippen LogP contribution in [0.25, 0.3) is 11.0 Å². The summed E-state index contributed by atoms with van der Waals surface area (Å²) in [6.45, 7) is 4.22. The number of ether oxygens (including phenoxy) is 1. The fraction of sp³-hybridized carbons (Fsp3) is 0.368. The summed E-state index contributed by atoms with van der Waals surface area (Å²) in [5.41, 5.74) is 2.01. The van der Waals surface area contributed by atoms with Crippen LogP contribution in [0.4, 0.5) is 5.82 Å². The zero-order chi connectivity index (χ0) is 18.9. The molecule has 2 heterocycles. The Bertz CT molecular complexity index is 865. The number of amides is 1. The summed E-state index contributed by atoms with van der Waals surface area (Å²) in [7, 11) is 0. The topological polar surface area (TPSA) is 94.0 Å². The molecule has 27 heavy (non-hydrogen) atoms. The fourth-order valence-corrected chi connectivity index (χ4v) is 2.71. The van der Waals surface area contributed by atoms with Crippen LogP contribution in [0.3, 0.4) is 0 Å². The summed E-state index contributed by atoms with van der Waals surface area (Å²) >= 11 is 0. The summed E-state index contributed by atoms with van der Waals surface area (Å²) in [5.74, 6) is 0.633. The van der Waals surface area contributed by atoms with Crippen molar-refractivity contribution in [1.82, 2.24) is 25.1 Å². The molecule has 0 aliphatic carbocycles. The van der Waals surface area contributed by atoms with E-state index in [9.17, 15) is 4.79 Å². The van der Waals surface area contributed by atoms with E-state index in [0.717, 1.165) is 29.8 Å². The molecule has 1 aromatic carbocycles. The lowest BCUT2D eigenvalue weighted by atomic mass is 10.1. The Morgan fingerprint density at radius 2 is 2.04 bits per heavy atom. The van der Waals surface area contributed by atoms with Crippen LogP contribution < -0.4 is 10.6 Å². The van der Waals surface area contributed by atoms with Crippen molar-refractivity contribution in [2.24, 2.45) is 0 Å². The summed E-state index contributed by atoms with van der Waals surface area (Å²) in [6, 6.07) is 10.3. The molecule has 142 valence electrons. The van der Waals surface area contributed by atoms with Gasteiger partial charge < -0.3 is 15.4 Å². The number of fused-ring (bicyclic) bond motifs is 1. The van der Waals surface area contributed by atoms with Crippen molar-refractivity contribution in [1.29, 1.82) is 0 Å². The molecule has 0 spiro atoms. The molecule has 2 aromatic heterocycles. The molecule has 0 aliphatic heterocycles. The van der Waals surface area contributed by atoms with Gasteiger partial charge in [0.05, 0.1) is 18.1 Å². The normalized spacial score (nSPS) is 10.9. The second-order valence-electron chi connectivity index (χ2n) is 5.98. The average molecular weight is 368 g/mol. The number of benzene rings is 1. The van der Waals surface area contributed by atoms with Gasteiger partial charge >= 0.3 is 0 Å². The van der Waals surface area contributed by atoms with E-state index in [1.54, 1.807) is 10.9 Å². The molecular formula is C19H24N6O2.